The third-order valence-electron chi connectivity index (χ3n) is 6.78. The fraction of sp³-hybridized carbons (Fsp3) is 0.667. The van der Waals surface area contributed by atoms with E-state index in [1.165, 1.54) is 24.8 Å². The highest BCUT2D eigenvalue weighted by Crippen LogP contribution is 2.39. The van der Waals surface area contributed by atoms with Crippen LogP contribution in [0.15, 0.2) is 30.4 Å². The van der Waals surface area contributed by atoms with Crippen LogP contribution in [0.2, 0.25) is 0 Å². The summed E-state index contributed by atoms with van der Waals surface area (Å²) in [4.78, 5) is 4.77. The van der Waals surface area contributed by atoms with E-state index in [2.05, 4.69) is 34.1 Å². The number of hydrogen-bond donors (Lipinski definition) is 1. The first-order valence-electron chi connectivity index (χ1n) is 11.3. The van der Waals surface area contributed by atoms with E-state index in [0.29, 0.717) is 23.5 Å². The second kappa shape index (κ2) is 10.1. The Kier molecular flexibility index (Phi) is 7.31. The first-order valence-corrected chi connectivity index (χ1v) is 11.3. The molecule has 6 heteroatoms. The summed E-state index contributed by atoms with van der Waals surface area (Å²) in [7, 11) is 1.66. The second-order valence-electron chi connectivity index (χ2n) is 9.05. The lowest BCUT2D eigenvalue weighted by atomic mass is 9.78. The number of nitrogens with zero attached hydrogens (tertiary/aromatic N) is 2. The lowest BCUT2D eigenvalue weighted by Gasteiger charge is -2.38. The Labute approximate surface area is 180 Å². The zero-order valence-electron chi connectivity index (χ0n) is 18.2. The third kappa shape index (κ3) is 5.55. The molecule has 0 radical (unpaired) electrons. The van der Waals surface area contributed by atoms with E-state index in [4.69, 9.17) is 14.2 Å². The molecule has 0 aromatic heterocycles. The van der Waals surface area contributed by atoms with Crippen LogP contribution in [0.1, 0.15) is 31.2 Å². The monoisotopic (exact) mass is 416 g/mol. The number of benzene rings is 1. The Hall–Kier alpha value is -1.60. The quantitative estimate of drug-likeness (QED) is 0.658. The molecule has 1 aromatic rings. The molecule has 3 aliphatic rings. The second-order valence-corrected chi connectivity index (χ2v) is 9.05. The van der Waals surface area contributed by atoms with Crippen LogP contribution in [-0.2, 0) is 11.3 Å². The van der Waals surface area contributed by atoms with Gasteiger partial charge in [0.2, 0.25) is 0 Å². The van der Waals surface area contributed by atoms with Gasteiger partial charge in [-0.2, -0.15) is 0 Å². The van der Waals surface area contributed by atoms with Gasteiger partial charge in [-0.05, 0) is 61.9 Å². The van der Waals surface area contributed by atoms with Gasteiger partial charge >= 0.3 is 0 Å². The van der Waals surface area contributed by atoms with Crippen LogP contribution in [0.4, 0.5) is 0 Å². The van der Waals surface area contributed by atoms with Gasteiger partial charge in [0.05, 0.1) is 13.7 Å². The summed E-state index contributed by atoms with van der Waals surface area (Å²) in [6.07, 6.45) is 8.59. The maximum absolute atomic E-state index is 10.6. The Balaban J connectivity index is 1.26. The van der Waals surface area contributed by atoms with Crippen LogP contribution in [-0.4, -0.2) is 80.7 Å². The van der Waals surface area contributed by atoms with Crippen LogP contribution in [0.25, 0.3) is 0 Å². The summed E-state index contributed by atoms with van der Waals surface area (Å²) >= 11 is 0. The predicted octanol–water partition coefficient (Wildman–Crippen LogP) is 2.70. The van der Waals surface area contributed by atoms with Gasteiger partial charge < -0.3 is 24.2 Å². The summed E-state index contributed by atoms with van der Waals surface area (Å²) in [6.45, 7) is 7.78. The smallest absolute Gasteiger partial charge is 0.161 e. The fourth-order valence-electron chi connectivity index (χ4n) is 4.81. The number of rotatable bonds is 8. The van der Waals surface area contributed by atoms with Crippen LogP contribution < -0.4 is 9.47 Å². The average molecular weight is 417 g/mol. The summed E-state index contributed by atoms with van der Waals surface area (Å²) in [5.41, 5.74) is 1.60. The van der Waals surface area contributed by atoms with E-state index in [-0.39, 0.29) is 6.61 Å². The Morgan fingerprint density at radius 2 is 1.97 bits per heavy atom. The molecule has 0 bridgehead atoms. The van der Waals surface area contributed by atoms with Crippen molar-refractivity contribution in [2.45, 2.75) is 38.3 Å². The first kappa shape index (κ1) is 21.6. The molecule has 1 atom stereocenters. The van der Waals surface area contributed by atoms with E-state index < -0.39 is 6.10 Å². The fourth-order valence-corrected chi connectivity index (χ4v) is 4.81. The van der Waals surface area contributed by atoms with Crippen molar-refractivity contribution >= 4 is 0 Å². The molecule has 6 nitrogen and oxygen atoms in total. The molecule has 1 aromatic carbocycles. The largest absolute Gasteiger partial charge is 0.493 e. The molecule has 2 fully saturated rings. The zero-order valence-corrected chi connectivity index (χ0v) is 18.2. The van der Waals surface area contributed by atoms with Gasteiger partial charge in [0.1, 0.15) is 12.7 Å². The molecule has 3 heterocycles. The SMILES string of the molecule is COc1ccc(CN2CC=CCC2)cc1OCC(O)CN1CCC2(CCOC2)CC1. The van der Waals surface area contributed by atoms with Gasteiger partial charge in [-0.15, -0.1) is 0 Å². The van der Waals surface area contributed by atoms with Crippen LogP contribution in [0.5, 0.6) is 11.5 Å². The first-order chi connectivity index (χ1) is 14.7. The summed E-state index contributed by atoms with van der Waals surface area (Å²) in [5.74, 6) is 1.42. The molecular formula is C24H36N2O4. The van der Waals surface area contributed by atoms with Gasteiger partial charge in [-0.25, -0.2) is 0 Å². The standard InChI is InChI=1S/C24H36N2O4/c1-28-22-6-5-20(16-25-10-3-2-4-11-25)15-23(22)30-18-21(27)17-26-12-7-24(8-13-26)9-14-29-19-24/h2-3,5-6,15,21,27H,4,7-14,16-19H2,1H3. The van der Waals surface area contributed by atoms with Crippen molar-refractivity contribution in [1.82, 2.24) is 9.80 Å². The number of piperidine rings is 1. The summed E-state index contributed by atoms with van der Waals surface area (Å²) in [6, 6.07) is 6.11. The van der Waals surface area contributed by atoms with E-state index in [9.17, 15) is 5.11 Å². The van der Waals surface area contributed by atoms with Crippen LogP contribution in [0, 0.1) is 5.41 Å². The third-order valence-corrected chi connectivity index (χ3v) is 6.78. The Morgan fingerprint density at radius 3 is 2.67 bits per heavy atom. The molecule has 1 unspecified atom stereocenters. The molecule has 0 amide bonds. The summed E-state index contributed by atoms with van der Waals surface area (Å²) < 4.78 is 17.1. The molecule has 3 aliphatic heterocycles. The zero-order chi connectivity index (χ0) is 20.8. The average Bonchev–Trinajstić information content (AvgIpc) is 3.23. The highest BCUT2D eigenvalue weighted by atomic mass is 16.5. The minimum absolute atomic E-state index is 0.275. The van der Waals surface area contributed by atoms with Crippen molar-refractivity contribution in [2.24, 2.45) is 5.41 Å². The van der Waals surface area contributed by atoms with Crippen molar-refractivity contribution in [1.29, 1.82) is 0 Å². The molecule has 0 saturated carbocycles. The number of methoxy groups -OCH3 is 1. The van der Waals surface area contributed by atoms with Crippen molar-refractivity contribution in [3.05, 3.63) is 35.9 Å². The minimum atomic E-state index is -0.514. The predicted molar refractivity (Wildman–Crippen MR) is 117 cm³/mol. The van der Waals surface area contributed by atoms with Crippen molar-refractivity contribution in [2.75, 3.05) is 59.7 Å². The van der Waals surface area contributed by atoms with Crippen LogP contribution >= 0.6 is 0 Å². The van der Waals surface area contributed by atoms with E-state index in [0.717, 1.165) is 52.4 Å². The number of hydrogen-bond acceptors (Lipinski definition) is 6. The molecular weight excluding hydrogens is 380 g/mol. The molecule has 2 saturated heterocycles. The van der Waals surface area contributed by atoms with Gasteiger partial charge in [-0.1, -0.05) is 18.2 Å². The lowest BCUT2D eigenvalue weighted by Crippen LogP contribution is -2.44. The van der Waals surface area contributed by atoms with Crippen molar-refractivity contribution in [3.8, 4) is 11.5 Å². The number of aliphatic hydroxyl groups is 1. The molecule has 30 heavy (non-hydrogen) atoms. The topological polar surface area (TPSA) is 54.4 Å². The molecule has 0 aliphatic carbocycles. The van der Waals surface area contributed by atoms with Gasteiger partial charge in [0, 0.05) is 32.8 Å². The number of β-amino-alcohol motifs (C(OH)–C–C–N with tert-alkyl or cyclic N) is 1. The molecule has 1 N–H and O–H groups in total. The van der Waals surface area contributed by atoms with Crippen molar-refractivity contribution < 1.29 is 19.3 Å². The van der Waals surface area contributed by atoms with Gasteiger partial charge in [-0.3, -0.25) is 4.90 Å². The Bertz CT molecular complexity index is 707. The van der Waals surface area contributed by atoms with E-state index in [1.807, 2.05) is 6.07 Å². The van der Waals surface area contributed by atoms with Gasteiger partial charge in [0.25, 0.3) is 0 Å². The molecule has 166 valence electrons. The van der Waals surface area contributed by atoms with Crippen molar-refractivity contribution in [3.63, 3.8) is 0 Å². The normalized spacial score (nSPS) is 23.0. The maximum atomic E-state index is 10.6. The van der Waals surface area contributed by atoms with Gasteiger partial charge in [0.15, 0.2) is 11.5 Å². The van der Waals surface area contributed by atoms with Crippen LogP contribution in [0.3, 0.4) is 0 Å². The highest BCUT2D eigenvalue weighted by Gasteiger charge is 2.38. The Morgan fingerprint density at radius 1 is 1.10 bits per heavy atom. The lowest BCUT2D eigenvalue weighted by molar-refractivity contribution is 0.0315. The molecule has 1 spiro atoms. The summed E-state index contributed by atoms with van der Waals surface area (Å²) in [5, 5.41) is 10.6. The number of ether oxygens (including phenoxy) is 3. The van der Waals surface area contributed by atoms with E-state index >= 15 is 0 Å². The van der Waals surface area contributed by atoms with E-state index in [1.54, 1.807) is 7.11 Å². The molecule has 4 rings (SSSR count). The number of aliphatic hydroxyl groups excluding tert-OH is 1. The minimum Gasteiger partial charge on any atom is -0.493 e. The maximum Gasteiger partial charge on any atom is 0.161 e. The highest BCUT2D eigenvalue weighted by molar-refractivity contribution is 5.43. The number of likely N-dealkylation sites (tertiary alicyclic amines) is 1.